The van der Waals surface area contributed by atoms with Gasteiger partial charge in [0, 0.05) is 12.1 Å². The van der Waals surface area contributed by atoms with Gasteiger partial charge in [0.15, 0.2) is 0 Å². The average Bonchev–Trinajstić information content (AvgIpc) is 2.47. The van der Waals surface area contributed by atoms with E-state index in [-0.39, 0.29) is 5.54 Å². The number of rotatable bonds is 1. The highest BCUT2D eigenvalue weighted by Gasteiger charge is 2.33. The summed E-state index contributed by atoms with van der Waals surface area (Å²) in [6.45, 7) is 5.48. The molecule has 0 aromatic carbocycles. The monoisotopic (exact) mass is 192 g/mol. The van der Waals surface area contributed by atoms with Gasteiger partial charge in [0.1, 0.15) is 0 Å². The Hall–Kier alpha value is -1.32. The Balaban J connectivity index is 2.27. The maximum absolute atomic E-state index is 5.55. The lowest BCUT2D eigenvalue weighted by atomic mass is 10.0. The molecule has 0 amide bonds. The van der Waals surface area contributed by atoms with E-state index in [0.29, 0.717) is 5.69 Å². The summed E-state index contributed by atoms with van der Waals surface area (Å²) in [5.41, 5.74) is 6.34. The van der Waals surface area contributed by atoms with Gasteiger partial charge in [-0.3, -0.25) is 0 Å². The van der Waals surface area contributed by atoms with Crippen LogP contribution in [0.25, 0.3) is 0 Å². The van der Waals surface area contributed by atoms with Crippen molar-refractivity contribution >= 4 is 11.6 Å². The average molecular weight is 192 g/mol. The zero-order chi connectivity index (χ0) is 10.2. The Morgan fingerprint density at radius 3 is 2.50 bits per heavy atom. The van der Waals surface area contributed by atoms with Crippen molar-refractivity contribution in [1.82, 2.24) is 9.97 Å². The molecule has 1 fully saturated rings. The second kappa shape index (κ2) is 3.12. The minimum absolute atomic E-state index is 0.177. The summed E-state index contributed by atoms with van der Waals surface area (Å²) in [5, 5.41) is 0. The molecule has 0 unspecified atom stereocenters. The van der Waals surface area contributed by atoms with Crippen LogP contribution < -0.4 is 10.6 Å². The molecule has 0 saturated carbocycles. The first-order valence-corrected chi connectivity index (χ1v) is 4.95. The molecule has 1 aliphatic rings. The number of hydrogen-bond acceptors (Lipinski definition) is 4. The Kier molecular flexibility index (Phi) is 2.06. The van der Waals surface area contributed by atoms with Crippen LogP contribution >= 0.6 is 0 Å². The molecule has 1 saturated heterocycles. The maximum atomic E-state index is 5.55. The smallest absolute Gasteiger partial charge is 0.225 e. The van der Waals surface area contributed by atoms with Gasteiger partial charge in [-0.2, -0.15) is 0 Å². The van der Waals surface area contributed by atoms with E-state index >= 15 is 0 Å². The van der Waals surface area contributed by atoms with E-state index in [2.05, 4.69) is 28.7 Å². The number of nitrogens with zero attached hydrogens (tertiary/aromatic N) is 3. The highest BCUT2D eigenvalue weighted by atomic mass is 15.3. The fourth-order valence-corrected chi connectivity index (χ4v) is 1.95. The molecule has 1 aromatic rings. The van der Waals surface area contributed by atoms with Crippen LogP contribution in [0.4, 0.5) is 11.6 Å². The molecule has 4 heteroatoms. The van der Waals surface area contributed by atoms with E-state index in [1.54, 1.807) is 12.4 Å². The molecule has 0 radical (unpaired) electrons. The third kappa shape index (κ3) is 1.52. The van der Waals surface area contributed by atoms with Crippen molar-refractivity contribution in [2.24, 2.45) is 0 Å². The third-order valence-electron chi connectivity index (χ3n) is 2.80. The van der Waals surface area contributed by atoms with Crippen LogP contribution in [0.3, 0.4) is 0 Å². The zero-order valence-electron chi connectivity index (χ0n) is 8.70. The van der Waals surface area contributed by atoms with Gasteiger partial charge in [-0.15, -0.1) is 0 Å². The molecule has 4 nitrogen and oxygen atoms in total. The van der Waals surface area contributed by atoms with Crippen molar-refractivity contribution in [3.63, 3.8) is 0 Å². The fraction of sp³-hybridized carbons (Fsp3) is 0.600. The molecule has 14 heavy (non-hydrogen) atoms. The predicted molar refractivity (Wildman–Crippen MR) is 57.1 cm³/mol. The summed E-state index contributed by atoms with van der Waals surface area (Å²) in [4.78, 5) is 10.7. The van der Waals surface area contributed by atoms with Crippen LogP contribution in [0.15, 0.2) is 12.4 Å². The van der Waals surface area contributed by atoms with Gasteiger partial charge in [-0.05, 0) is 26.7 Å². The van der Waals surface area contributed by atoms with Gasteiger partial charge >= 0.3 is 0 Å². The Labute approximate surface area is 84.2 Å². The quantitative estimate of drug-likeness (QED) is 0.731. The van der Waals surface area contributed by atoms with Crippen molar-refractivity contribution in [2.45, 2.75) is 32.2 Å². The van der Waals surface area contributed by atoms with Crippen LogP contribution in [-0.2, 0) is 0 Å². The molecule has 0 bridgehead atoms. The van der Waals surface area contributed by atoms with Crippen molar-refractivity contribution in [3.8, 4) is 0 Å². The number of nitrogens with two attached hydrogens (primary N) is 1. The first-order chi connectivity index (χ1) is 6.59. The van der Waals surface area contributed by atoms with E-state index in [4.69, 9.17) is 5.73 Å². The molecular weight excluding hydrogens is 176 g/mol. The van der Waals surface area contributed by atoms with Crippen molar-refractivity contribution < 1.29 is 0 Å². The molecule has 0 atom stereocenters. The second-order valence-electron chi connectivity index (χ2n) is 4.38. The van der Waals surface area contributed by atoms with Crippen LogP contribution in [0.1, 0.15) is 26.7 Å². The molecule has 2 heterocycles. The van der Waals surface area contributed by atoms with Gasteiger partial charge in [0.2, 0.25) is 5.95 Å². The number of nitrogen functional groups attached to an aromatic ring is 1. The molecule has 76 valence electrons. The Morgan fingerprint density at radius 2 is 2.00 bits per heavy atom. The lowest BCUT2D eigenvalue weighted by Crippen LogP contribution is -2.39. The molecule has 0 aliphatic carbocycles. The lowest BCUT2D eigenvalue weighted by Gasteiger charge is -2.31. The largest absolute Gasteiger partial charge is 0.396 e. The maximum Gasteiger partial charge on any atom is 0.225 e. The number of aromatic nitrogens is 2. The SMILES string of the molecule is CC1(C)CCCN1c1ncc(N)cn1. The fourth-order valence-electron chi connectivity index (χ4n) is 1.95. The predicted octanol–water partition coefficient (Wildman–Crippen LogP) is 1.44. The van der Waals surface area contributed by atoms with Crippen molar-refractivity contribution in [2.75, 3.05) is 17.2 Å². The van der Waals surface area contributed by atoms with Gasteiger partial charge < -0.3 is 10.6 Å². The summed E-state index contributed by atoms with van der Waals surface area (Å²) in [7, 11) is 0. The molecular formula is C10H16N4. The number of anilines is 2. The first-order valence-electron chi connectivity index (χ1n) is 4.95. The van der Waals surface area contributed by atoms with Crippen LogP contribution in [0, 0.1) is 0 Å². The van der Waals surface area contributed by atoms with Crippen LogP contribution in [0.5, 0.6) is 0 Å². The van der Waals surface area contributed by atoms with Gasteiger partial charge in [-0.1, -0.05) is 0 Å². The van der Waals surface area contributed by atoms with Crippen molar-refractivity contribution in [1.29, 1.82) is 0 Å². The highest BCUT2D eigenvalue weighted by molar-refractivity contribution is 5.40. The minimum Gasteiger partial charge on any atom is -0.396 e. The Morgan fingerprint density at radius 1 is 1.36 bits per heavy atom. The van der Waals surface area contributed by atoms with Crippen LogP contribution in [-0.4, -0.2) is 22.1 Å². The summed E-state index contributed by atoms with van der Waals surface area (Å²) >= 11 is 0. The highest BCUT2D eigenvalue weighted by Crippen LogP contribution is 2.31. The number of hydrogen-bond donors (Lipinski definition) is 1. The van der Waals surface area contributed by atoms with E-state index in [1.807, 2.05) is 0 Å². The molecule has 0 spiro atoms. The van der Waals surface area contributed by atoms with Gasteiger partial charge in [0.05, 0.1) is 18.1 Å². The second-order valence-corrected chi connectivity index (χ2v) is 4.38. The molecule has 2 rings (SSSR count). The lowest BCUT2D eigenvalue weighted by molar-refractivity contribution is 0.510. The molecule has 1 aliphatic heterocycles. The summed E-state index contributed by atoms with van der Waals surface area (Å²) in [5.74, 6) is 0.793. The molecule has 2 N–H and O–H groups in total. The van der Waals surface area contributed by atoms with Gasteiger partial charge in [0.25, 0.3) is 0 Å². The topological polar surface area (TPSA) is 55.0 Å². The third-order valence-corrected chi connectivity index (χ3v) is 2.80. The molecule has 1 aromatic heterocycles. The van der Waals surface area contributed by atoms with Gasteiger partial charge in [-0.25, -0.2) is 9.97 Å². The Bertz CT molecular complexity index is 317. The standard InChI is InChI=1S/C10H16N4/c1-10(2)4-3-5-14(10)9-12-6-8(11)7-13-9/h6-7H,3-5,11H2,1-2H3. The van der Waals surface area contributed by atoms with E-state index in [1.165, 1.54) is 12.8 Å². The van der Waals surface area contributed by atoms with Crippen molar-refractivity contribution in [3.05, 3.63) is 12.4 Å². The summed E-state index contributed by atoms with van der Waals surface area (Å²) in [6, 6.07) is 0. The van der Waals surface area contributed by atoms with Crippen LogP contribution in [0.2, 0.25) is 0 Å². The zero-order valence-corrected chi connectivity index (χ0v) is 8.70. The summed E-state index contributed by atoms with van der Waals surface area (Å²) < 4.78 is 0. The minimum atomic E-state index is 0.177. The summed E-state index contributed by atoms with van der Waals surface area (Å²) in [6.07, 6.45) is 5.73. The normalized spacial score (nSPS) is 20.0. The van der Waals surface area contributed by atoms with E-state index in [9.17, 15) is 0 Å². The van der Waals surface area contributed by atoms with E-state index < -0.39 is 0 Å². The first kappa shape index (κ1) is 9.24. The van der Waals surface area contributed by atoms with E-state index in [0.717, 1.165) is 12.5 Å².